The molecule has 0 bridgehead atoms. The van der Waals surface area contributed by atoms with E-state index >= 15 is 0 Å². The van der Waals surface area contributed by atoms with Crippen molar-refractivity contribution in [3.63, 3.8) is 0 Å². The summed E-state index contributed by atoms with van der Waals surface area (Å²) in [5.74, 6) is 0. The molecular formula is C14H27N3. The van der Waals surface area contributed by atoms with Crippen LogP contribution in [-0.4, -0.2) is 36.6 Å². The second-order valence-electron chi connectivity index (χ2n) is 6.27. The highest BCUT2D eigenvalue weighted by Gasteiger charge is 2.29. The zero-order valence-corrected chi connectivity index (χ0v) is 11.8. The Hall–Kier alpha value is -0.590. The number of nitrogens with one attached hydrogen (secondary N) is 1. The van der Waals surface area contributed by atoms with Crippen LogP contribution in [0.3, 0.4) is 0 Å². The van der Waals surface area contributed by atoms with Gasteiger partial charge in [0.15, 0.2) is 0 Å². The maximum Gasteiger partial charge on any atom is 0.116 e. The van der Waals surface area contributed by atoms with Crippen LogP contribution in [0.15, 0.2) is 0 Å². The number of hydrogen-bond acceptors (Lipinski definition) is 3. The molecule has 0 aromatic carbocycles. The lowest BCUT2D eigenvalue weighted by Crippen LogP contribution is -2.50. The first-order chi connectivity index (χ1) is 7.91. The lowest BCUT2D eigenvalue weighted by atomic mass is 9.85. The average molecular weight is 237 g/mol. The Balaban J connectivity index is 2.54. The molecule has 3 nitrogen and oxygen atoms in total. The Morgan fingerprint density at radius 1 is 1.35 bits per heavy atom. The van der Waals surface area contributed by atoms with E-state index < -0.39 is 5.54 Å². The van der Waals surface area contributed by atoms with Gasteiger partial charge in [0.05, 0.1) is 6.07 Å². The predicted molar refractivity (Wildman–Crippen MR) is 71.8 cm³/mol. The molecule has 98 valence electrons. The largest absolute Gasteiger partial charge is 0.300 e. The molecule has 0 aromatic rings. The number of likely N-dealkylation sites (N-methyl/N-ethyl adjacent to an activating group) is 1. The molecule has 0 saturated carbocycles. The fourth-order valence-electron chi connectivity index (χ4n) is 2.61. The molecule has 0 spiro atoms. The lowest BCUT2D eigenvalue weighted by molar-refractivity contribution is 0.218. The van der Waals surface area contributed by atoms with Gasteiger partial charge in [0.2, 0.25) is 0 Å². The van der Waals surface area contributed by atoms with Crippen LogP contribution in [0.1, 0.15) is 47.0 Å². The van der Waals surface area contributed by atoms with Crippen molar-refractivity contribution < 1.29 is 0 Å². The molecule has 1 unspecified atom stereocenters. The van der Waals surface area contributed by atoms with Crippen LogP contribution in [-0.2, 0) is 0 Å². The maximum absolute atomic E-state index is 9.28. The van der Waals surface area contributed by atoms with Crippen LogP contribution in [0.5, 0.6) is 0 Å². The molecule has 1 fully saturated rings. The number of nitrogens with zero attached hydrogens (tertiary/aromatic N) is 2. The molecule has 0 radical (unpaired) electrons. The van der Waals surface area contributed by atoms with E-state index in [9.17, 15) is 5.26 Å². The van der Waals surface area contributed by atoms with Crippen molar-refractivity contribution in [3.8, 4) is 6.07 Å². The smallest absolute Gasteiger partial charge is 0.116 e. The van der Waals surface area contributed by atoms with E-state index in [0.29, 0.717) is 5.41 Å². The summed E-state index contributed by atoms with van der Waals surface area (Å²) in [6, 6.07) is 2.42. The minimum atomic E-state index is -0.400. The van der Waals surface area contributed by atoms with Gasteiger partial charge in [-0.15, -0.1) is 0 Å². The van der Waals surface area contributed by atoms with E-state index in [1.165, 1.54) is 19.3 Å². The Bertz CT molecular complexity index is 280. The minimum Gasteiger partial charge on any atom is -0.300 e. The van der Waals surface area contributed by atoms with Crippen molar-refractivity contribution in [1.82, 2.24) is 10.2 Å². The van der Waals surface area contributed by atoms with E-state index in [4.69, 9.17) is 0 Å². The van der Waals surface area contributed by atoms with Crippen LogP contribution in [0.2, 0.25) is 0 Å². The van der Waals surface area contributed by atoms with Gasteiger partial charge >= 0.3 is 0 Å². The molecule has 1 N–H and O–H groups in total. The van der Waals surface area contributed by atoms with E-state index in [2.05, 4.69) is 37.1 Å². The predicted octanol–water partition coefficient (Wildman–Crippen LogP) is 2.39. The molecule has 1 heterocycles. The van der Waals surface area contributed by atoms with E-state index in [-0.39, 0.29) is 0 Å². The molecular weight excluding hydrogens is 210 g/mol. The van der Waals surface area contributed by atoms with Gasteiger partial charge in [-0.05, 0) is 51.2 Å². The molecule has 1 atom stereocenters. The molecule has 0 aromatic heterocycles. The highest BCUT2D eigenvalue weighted by atomic mass is 15.2. The molecule has 1 saturated heterocycles. The van der Waals surface area contributed by atoms with Crippen molar-refractivity contribution >= 4 is 0 Å². The Kier molecular flexibility index (Phi) is 4.97. The molecule has 17 heavy (non-hydrogen) atoms. The van der Waals surface area contributed by atoms with Gasteiger partial charge in [0, 0.05) is 6.54 Å². The van der Waals surface area contributed by atoms with Crippen molar-refractivity contribution in [1.29, 1.82) is 5.26 Å². The van der Waals surface area contributed by atoms with Crippen LogP contribution < -0.4 is 5.32 Å². The van der Waals surface area contributed by atoms with Crippen molar-refractivity contribution in [2.24, 2.45) is 5.41 Å². The number of likely N-dealkylation sites (tertiary alicyclic amines) is 1. The van der Waals surface area contributed by atoms with Crippen molar-refractivity contribution in [2.75, 3.05) is 26.2 Å². The molecule has 1 aliphatic rings. The zero-order chi connectivity index (χ0) is 12.9. The van der Waals surface area contributed by atoms with E-state index in [1.807, 2.05) is 6.92 Å². The van der Waals surface area contributed by atoms with Gasteiger partial charge in [-0.25, -0.2) is 0 Å². The summed E-state index contributed by atoms with van der Waals surface area (Å²) >= 11 is 0. The van der Waals surface area contributed by atoms with E-state index in [1.54, 1.807) is 0 Å². The van der Waals surface area contributed by atoms with Gasteiger partial charge in [0.1, 0.15) is 5.54 Å². The third-order valence-electron chi connectivity index (χ3n) is 3.79. The maximum atomic E-state index is 9.28. The Labute approximate surface area is 106 Å². The second kappa shape index (κ2) is 5.84. The first-order valence-corrected chi connectivity index (χ1v) is 6.79. The summed E-state index contributed by atoms with van der Waals surface area (Å²) in [5, 5.41) is 12.6. The fourth-order valence-corrected chi connectivity index (χ4v) is 2.61. The summed E-state index contributed by atoms with van der Waals surface area (Å²) in [6.07, 6.45) is 3.79. The Morgan fingerprint density at radius 2 is 2.06 bits per heavy atom. The quantitative estimate of drug-likeness (QED) is 0.816. The van der Waals surface area contributed by atoms with Gasteiger partial charge in [-0.2, -0.15) is 5.26 Å². The summed E-state index contributed by atoms with van der Waals surface area (Å²) in [7, 11) is 0. The molecule has 0 aliphatic carbocycles. The molecule has 3 heteroatoms. The van der Waals surface area contributed by atoms with Gasteiger partial charge in [0.25, 0.3) is 0 Å². The number of nitriles is 1. The second-order valence-corrected chi connectivity index (χ2v) is 6.27. The van der Waals surface area contributed by atoms with Crippen LogP contribution in [0.25, 0.3) is 0 Å². The topological polar surface area (TPSA) is 39.1 Å². The third kappa shape index (κ3) is 4.65. The van der Waals surface area contributed by atoms with Gasteiger partial charge in [-0.1, -0.05) is 20.8 Å². The summed E-state index contributed by atoms with van der Waals surface area (Å²) < 4.78 is 0. The number of hydrogen-bond donors (Lipinski definition) is 1. The highest BCUT2D eigenvalue weighted by molar-refractivity contribution is 5.05. The van der Waals surface area contributed by atoms with E-state index in [0.717, 1.165) is 26.2 Å². The van der Waals surface area contributed by atoms with Crippen molar-refractivity contribution in [3.05, 3.63) is 0 Å². The molecule has 0 amide bonds. The van der Waals surface area contributed by atoms with Crippen molar-refractivity contribution in [2.45, 2.75) is 52.5 Å². The number of rotatable bonds is 4. The summed E-state index contributed by atoms with van der Waals surface area (Å²) in [5.41, 5.74) is 0.0687. The third-order valence-corrected chi connectivity index (χ3v) is 3.79. The Morgan fingerprint density at radius 3 is 2.65 bits per heavy atom. The SMILES string of the molecule is CCNC(C)(C#N)CN1CCCC(C)(C)CC1. The molecule has 1 aliphatic heterocycles. The first kappa shape index (κ1) is 14.5. The highest BCUT2D eigenvalue weighted by Crippen LogP contribution is 2.30. The van der Waals surface area contributed by atoms with Crippen LogP contribution in [0.4, 0.5) is 0 Å². The summed E-state index contributed by atoms with van der Waals surface area (Å²) in [6.45, 7) is 12.7. The lowest BCUT2D eigenvalue weighted by Gasteiger charge is -2.30. The normalized spacial score (nSPS) is 24.6. The minimum absolute atomic E-state index is 0.400. The van der Waals surface area contributed by atoms with Crippen LogP contribution >= 0.6 is 0 Å². The fraction of sp³-hybridized carbons (Fsp3) is 0.929. The van der Waals surface area contributed by atoms with Gasteiger partial charge < -0.3 is 4.90 Å². The summed E-state index contributed by atoms with van der Waals surface area (Å²) in [4.78, 5) is 2.45. The van der Waals surface area contributed by atoms with Crippen LogP contribution in [0, 0.1) is 16.7 Å². The average Bonchev–Trinajstić information content (AvgIpc) is 2.41. The van der Waals surface area contributed by atoms with Gasteiger partial charge in [-0.3, -0.25) is 5.32 Å². The molecule has 1 rings (SSSR count). The monoisotopic (exact) mass is 237 g/mol. The standard InChI is InChI=1S/C14H27N3/c1-5-16-14(4,11-15)12-17-9-6-7-13(2,3)8-10-17/h16H,5-10,12H2,1-4H3. The first-order valence-electron chi connectivity index (χ1n) is 6.79. The zero-order valence-electron chi connectivity index (χ0n) is 11.8.